The monoisotopic (exact) mass is 358 g/mol. The first kappa shape index (κ1) is 18.7. The number of nitrogens with two attached hydrogens (primary N) is 1. The molecule has 0 radical (unpaired) electrons. The second-order valence-corrected chi connectivity index (χ2v) is 7.41. The van der Waals surface area contributed by atoms with Crippen LogP contribution < -0.4 is 16.0 Å². The largest absolute Gasteiger partial charge is 0.372 e. The van der Waals surface area contributed by atoms with Crippen LogP contribution in [0.3, 0.4) is 0 Å². The van der Waals surface area contributed by atoms with E-state index in [0.717, 1.165) is 44.6 Å². The van der Waals surface area contributed by atoms with Gasteiger partial charge in [0.25, 0.3) is 0 Å². The minimum absolute atomic E-state index is 0.0936. The van der Waals surface area contributed by atoms with E-state index in [4.69, 9.17) is 5.73 Å². The minimum atomic E-state index is -0.380. The van der Waals surface area contributed by atoms with Gasteiger partial charge in [-0.1, -0.05) is 6.42 Å². The minimum Gasteiger partial charge on any atom is -0.372 e. The quantitative estimate of drug-likeness (QED) is 0.847. The average Bonchev–Trinajstić information content (AvgIpc) is 2.68. The van der Waals surface area contributed by atoms with Gasteiger partial charge in [0.15, 0.2) is 0 Å². The summed E-state index contributed by atoms with van der Waals surface area (Å²) in [4.78, 5) is 28.7. The van der Waals surface area contributed by atoms with Gasteiger partial charge in [0.05, 0.1) is 12.1 Å². The lowest BCUT2D eigenvalue weighted by atomic mass is 9.99. The van der Waals surface area contributed by atoms with Crippen molar-refractivity contribution in [2.24, 2.45) is 5.73 Å². The Bertz CT molecular complexity index is 625. The summed E-state index contributed by atoms with van der Waals surface area (Å²) < 4.78 is 0. The lowest BCUT2D eigenvalue weighted by molar-refractivity contribution is -0.129. The number of carbonyl (C=O) groups excluding carboxylic acids is 2. The first-order valence-electron chi connectivity index (χ1n) is 9.77. The number of anilines is 2. The molecule has 6 heteroatoms. The molecular formula is C20H30N4O2. The van der Waals surface area contributed by atoms with Crippen LogP contribution in [0.25, 0.3) is 0 Å². The fraction of sp³-hybridized carbons (Fsp3) is 0.600. The number of amides is 2. The van der Waals surface area contributed by atoms with Crippen molar-refractivity contribution >= 4 is 23.2 Å². The number of piperidine rings is 2. The topological polar surface area (TPSA) is 78.7 Å². The van der Waals surface area contributed by atoms with Gasteiger partial charge in [0.2, 0.25) is 11.8 Å². The summed E-state index contributed by atoms with van der Waals surface area (Å²) in [6, 6.07) is 7.32. The average molecular weight is 358 g/mol. The molecule has 2 amide bonds. The first-order chi connectivity index (χ1) is 12.6. The molecule has 142 valence electrons. The molecule has 3 N–H and O–H groups in total. The maximum absolute atomic E-state index is 12.7. The molecule has 2 fully saturated rings. The van der Waals surface area contributed by atoms with Gasteiger partial charge in [-0.05, 0) is 69.8 Å². The van der Waals surface area contributed by atoms with Crippen LogP contribution in [-0.2, 0) is 9.59 Å². The summed E-state index contributed by atoms with van der Waals surface area (Å²) >= 11 is 0. The molecule has 0 bridgehead atoms. The number of carbonyl (C=O) groups is 2. The van der Waals surface area contributed by atoms with Gasteiger partial charge in [0.1, 0.15) is 0 Å². The molecule has 26 heavy (non-hydrogen) atoms. The zero-order valence-corrected chi connectivity index (χ0v) is 15.6. The Morgan fingerprint density at radius 1 is 1.04 bits per heavy atom. The number of primary amides is 1. The molecule has 0 aliphatic carbocycles. The summed E-state index contributed by atoms with van der Waals surface area (Å²) in [5.74, 6) is -0.431. The zero-order valence-electron chi connectivity index (χ0n) is 15.6. The Morgan fingerprint density at radius 2 is 1.69 bits per heavy atom. The second-order valence-electron chi connectivity index (χ2n) is 7.41. The van der Waals surface area contributed by atoms with Crippen LogP contribution in [0.4, 0.5) is 11.4 Å². The number of hydrogen-bond donors (Lipinski definition) is 2. The van der Waals surface area contributed by atoms with Crippen molar-refractivity contribution in [1.82, 2.24) is 4.90 Å². The first-order valence-corrected chi connectivity index (χ1v) is 9.77. The second kappa shape index (κ2) is 8.54. The lowest BCUT2D eigenvalue weighted by Crippen LogP contribution is -2.54. The molecule has 1 aromatic carbocycles. The van der Waals surface area contributed by atoms with Crippen LogP contribution in [0, 0.1) is 0 Å². The van der Waals surface area contributed by atoms with Crippen molar-refractivity contribution in [3.05, 3.63) is 24.3 Å². The number of nitrogens with zero attached hydrogens (tertiary/aromatic N) is 2. The molecule has 0 saturated carbocycles. The van der Waals surface area contributed by atoms with Crippen LogP contribution in [-0.4, -0.2) is 48.4 Å². The standard InChI is InChI=1S/C20H30N4O2/c1-15(24-14-6-3-7-18(24)19(21)25)20(26)22-16-8-10-17(11-9-16)23-12-4-2-5-13-23/h8-11,15,18H,2-7,12-14H2,1H3,(H2,21,25)(H,22,26). The van der Waals surface area contributed by atoms with Gasteiger partial charge in [-0.2, -0.15) is 0 Å². The zero-order chi connectivity index (χ0) is 18.5. The Morgan fingerprint density at radius 3 is 2.35 bits per heavy atom. The molecule has 2 unspecified atom stereocenters. The predicted molar refractivity (Wildman–Crippen MR) is 104 cm³/mol. The number of nitrogens with one attached hydrogen (secondary N) is 1. The van der Waals surface area contributed by atoms with Gasteiger partial charge in [-0.15, -0.1) is 0 Å². The summed E-state index contributed by atoms with van der Waals surface area (Å²) in [6.07, 6.45) is 6.50. The number of rotatable bonds is 5. The third-order valence-electron chi connectivity index (χ3n) is 5.61. The smallest absolute Gasteiger partial charge is 0.241 e. The molecule has 6 nitrogen and oxygen atoms in total. The van der Waals surface area contributed by atoms with Crippen molar-refractivity contribution in [2.75, 3.05) is 29.9 Å². The van der Waals surface area contributed by atoms with Crippen molar-refractivity contribution < 1.29 is 9.59 Å². The normalized spacial score (nSPS) is 22.7. The van der Waals surface area contributed by atoms with Crippen LogP contribution in [0.2, 0.25) is 0 Å². The molecule has 3 rings (SSSR count). The molecule has 2 saturated heterocycles. The number of likely N-dealkylation sites (tertiary alicyclic amines) is 1. The van der Waals surface area contributed by atoms with E-state index in [1.165, 1.54) is 24.9 Å². The summed E-state index contributed by atoms with van der Waals surface area (Å²) in [5.41, 5.74) is 7.51. The summed E-state index contributed by atoms with van der Waals surface area (Å²) in [5, 5.41) is 2.98. The molecule has 2 heterocycles. The highest BCUT2D eigenvalue weighted by Gasteiger charge is 2.33. The highest BCUT2D eigenvalue weighted by atomic mass is 16.2. The Balaban J connectivity index is 1.60. The van der Waals surface area contributed by atoms with Crippen LogP contribution >= 0.6 is 0 Å². The lowest BCUT2D eigenvalue weighted by Gasteiger charge is -2.37. The SMILES string of the molecule is CC(C(=O)Nc1ccc(N2CCCCC2)cc1)N1CCCCC1C(N)=O. The van der Waals surface area contributed by atoms with Crippen LogP contribution in [0.1, 0.15) is 45.4 Å². The molecule has 2 atom stereocenters. The fourth-order valence-electron chi connectivity index (χ4n) is 4.03. The Labute approximate surface area is 155 Å². The maximum Gasteiger partial charge on any atom is 0.241 e. The fourth-order valence-corrected chi connectivity index (χ4v) is 4.03. The van der Waals surface area contributed by atoms with Crippen molar-refractivity contribution in [2.45, 2.75) is 57.5 Å². The maximum atomic E-state index is 12.7. The summed E-state index contributed by atoms with van der Waals surface area (Å²) in [6.45, 7) is 4.78. The third-order valence-corrected chi connectivity index (χ3v) is 5.61. The van der Waals surface area contributed by atoms with E-state index in [0.29, 0.717) is 0 Å². The van der Waals surface area contributed by atoms with E-state index in [1.807, 2.05) is 24.0 Å². The number of hydrogen-bond acceptors (Lipinski definition) is 4. The molecule has 0 spiro atoms. The highest BCUT2D eigenvalue weighted by Crippen LogP contribution is 2.23. The molecular weight excluding hydrogens is 328 g/mol. The summed E-state index contributed by atoms with van der Waals surface area (Å²) in [7, 11) is 0. The van der Waals surface area contributed by atoms with E-state index < -0.39 is 0 Å². The molecule has 0 aromatic heterocycles. The third kappa shape index (κ3) is 4.36. The van der Waals surface area contributed by atoms with Crippen molar-refractivity contribution in [3.8, 4) is 0 Å². The Hall–Kier alpha value is -2.08. The van der Waals surface area contributed by atoms with E-state index in [-0.39, 0.29) is 23.9 Å². The van der Waals surface area contributed by atoms with Crippen molar-refractivity contribution in [1.29, 1.82) is 0 Å². The van der Waals surface area contributed by atoms with Crippen LogP contribution in [0.15, 0.2) is 24.3 Å². The molecule has 2 aliphatic rings. The van der Waals surface area contributed by atoms with Gasteiger partial charge in [-0.25, -0.2) is 0 Å². The van der Waals surface area contributed by atoms with Crippen LogP contribution in [0.5, 0.6) is 0 Å². The molecule has 1 aromatic rings. The Kier molecular flexibility index (Phi) is 6.14. The van der Waals surface area contributed by atoms with E-state index >= 15 is 0 Å². The highest BCUT2D eigenvalue weighted by molar-refractivity contribution is 5.95. The van der Waals surface area contributed by atoms with Gasteiger partial charge < -0.3 is 16.0 Å². The van der Waals surface area contributed by atoms with E-state index in [9.17, 15) is 9.59 Å². The van der Waals surface area contributed by atoms with Crippen molar-refractivity contribution in [3.63, 3.8) is 0 Å². The number of benzene rings is 1. The van der Waals surface area contributed by atoms with E-state index in [2.05, 4.69) is 22.3 Å². The van der Waals surface area contributed by atoms with Gasteiger partial charge >= 0.3 is 0 Å². The van der Waals surface area contributed by atoms with Gasteiger partial charge in [0, 0.05) is 24.5 Å². The molecule has 2 aliphatic heterocycles. The van der Waals surface area contributed by atoms with Gasteiger partial charge in [-0.3, -0.25) is 14.5 Å². The van der Waals surface area contributed by atoms with E-state index in [1.54, 1.807) is 0 Å². The predicted octanol–water partition coefficient (Wildman–Crippen LogP) is 2.34.